The summed E-state index contributed by atoms with van der Waals surface area (Å²) >= 11 is 1.68. The first kappa shape index (κ1) is 18.9. The molecule has 0 saturated heterocycles. The minimum atomic E-state index is -0.553. The SMILES string of the molecule is CC(=O)O/N=C(/C)C(=O)c1ccc(Sc2c(C)cc(C)cc2C)cc1. The van der Waals surface area contributed by atoms with Crippen molar-refractivity contribution >= 4 is 29.2 Å². The minimum Gasteiger partial charge on any atom is -0.318 e. The van der Waals surface area contributed by atoms with E-state index in [0.717, 1.165) is 4.90 Å². The summed E-state index contributed by atoms with van der Waals surface area (Å²) in [6.07, 6.45) is 0. The molecule has 5 heteroatoms. The van der Waals surface area contributed by atoms with Crippen molar-refractivity contribution in [2.45, 2.75) is 44.4 Å². The van der Waals surface area contributed by atoms with Crippen molar-refractivity contribution in [1.29, 1.82) is 0 Å². The number of oxime groups is 1. The van der Waals surface area contributed by atoms with Crippen LogP contribution in [0.15, 0.2) is 51.3 Å². The van der Waals surface area contributed by atoms with E-state index in [0.29, 0.717) is 5.56 Å². The van der Waals surface area contributed by atoms with E-state index >= 15 is 0 Å². The maximum Gasteiger partial charge on any atom is 0.331 e. The number of benzene rings is 2. The van der Waals surface area contributed by atoms with Crippen molar-refractivity contribution in [3.63, 3.8) is 0 Å². The molecule has 0 spiro atoms. The highest BCUT2D eigenvalue weighted by Crippen LogP contribution is 2.33. The fourth-order valence-electron chi connectivity index (χ4n) is 2.50. The molecule has 0 atom stereocenters. The number of carbonyl (C=O) groups is 2. The van der Waals surface area contributed by atoms with E-state index in [2.05, 4.69) is 42.9 Å². The quantitative estimate of drug-likeness (QED) is 0.332. The van der Waals surface area contributed by atoms with Gasteiger partial charge in [-0.2, -0.15) is 0 Å². The minimum absolute atomic E-state index is 0.140. The lowest BCUT2D eigenvalue weighted by Gasteiger charge is -2.11. The van der Waals surface area contributed by atoms with Gasteiger partial charge in [0.05, 0.1) is 0 Å². The van der Waals surface area contributed by atoms with Gasteiger partial charge < -0.3 is 4.84 Å². The Morgan fingerprint density at radius 2 is 1.52 bits per heavy atom. The first-order chi connectivity index (χ1) is 11.8. The molecule has 130 valence electrons. The third-order valence-electron chi connectivity index (χ3n) is 3.58. The zero-order chi connectivity index (χ0) is 18.6. The van der Waals surface area contributed by atoms with E-state index in [4.69, 9.17) is 0 Å². The summed E-state index contributed by atoms with van der Waals surface area (Å²) in [7, 11) is 0. The first-order valence-corrected chi connectivity index (χ1v) is 8.72. The Morgan fingerprint density at radius 1 is 0.960 bits per heavy atom. The van der Waals surface area contributed by atoms with Crippen LogP contribution >= 0.6 is 11.8 Å². The molecule has 0 aliphatic rings. The lowest BCUT2D eigenvalue weighted by atomic mass is 10.1. The predicted molar refractivity (Wildman–Crippen MR) is 100 cm³/mol. The molecule has 0 unspecified atom stereocenters. The van der Waals surface area contributed by atoms with Crippen LogP contribution in [0, 0.1) is 20.8 Å². The van der Waals surface area contributed by atoms with Gasteiger partial charge in [-0.15, -0.1) is 0 Å². The van der Waals surface area contributed by atoms with Gasteiger partial charge in [0, 0.05) is 22.3 Å². The molecule has 0 amide bonds. The fraction of sp³-hybridized carbons (Fsp3) is 0.250. The monoisotopic (exact) mass is 355 g/mol. The predicted octanol–water partition coefficient (Wildman–Crippen LogP) is 4.88. The Kier molecular flexibility index (Phi) is 6.15. The molecule has 0 N–H and O–H groups in total. The highest BCUT2D eigenvalue weighted by atomic mass is 32.2. The molecule has 0 fully saturated rings. The van der Waals surface area contributed by atoms with Crippen molar-refractivity contribution in [3.05, 3.63) is 58.7 Å². The zero-order valence-electron chi connectivity index (χ0n) is 15.0. The smallest absolute Gasteiger partial charge is 0.318 e. The summed E-state index contributed by atoms with van der Waals surface area (Å²) in [5.41, 5.74) is 4.39. The lowest BCUT2D eigenvalue weighted by Crippen LogP contribution is -2.11. The Balaban J connectivity index is 2.16. The molecule has 0 aliphatic carbocycles. The number of hydrogen-bond acceptors (Lipinski definition) is 5. The van der Waals surface area contributed by atoms with E-state index in [9.17, 15) is 9.59 Å². The summed E-state index contributed by atoms with van der Waals surface area (Å²) in [6, 6.07) is 11.7. The first-order valence-electron chi connectivity index (χ1n) is 7.90. The van der Waals surface area contributed by atoms with Crippen molar-refractivity contribution in [3.8, 4) is 0 Å². The second kappa shape index (κ2) is 8.12. The van der Waals surface area contributed by atoms with Gasteiger partial charge in [0.15, 0.2) is 0 Å². The molecule has 25 heavy (non-hydrogen) atoms. The molecule has 0 aliphatic heterocycles. The van der Waals surface area contributed by atoms with Gasteiger partial charge in [0.1, 0.15) is 5.71 Å². The van der Waals surface area contributed by atoms with E-state index in [1.807, 2.05) is 12.1 Å². The van der Waals surface area contributed by atoms with Crippen molar-refractivity contribution in [2.24, 2.45) is 5.16 Å². The maximum atomic E-state index is 12.2. The molecule has 2 aromatic rings. The molecule has 0 aromatic heterocycles. The van der Waals surface area contributed by atoms with Crippen LogP contribution in [0.3, 0.4) is 0 Å². The summed E-state index contributed by atoms with van der Waals surface area (Å²) in [5, 5.41) is 3.53. The Hall–Kier alpha value is -2.40. The molecule has 2 aromatic carbocycles. The van der Waals surface area contributed by atoms with Crippen LogP contribution in [0.4, 0.5) is 0 Å². The van der Waals surface area contributed by atoms with Crippen LogP contribution in [-0.2, 0) is 9.63 Å². The molecule has 0 saturated carbocycles. The number of nitrogens with zero attached hydrogens (tertiary/aromatic N) is 1. The normalized spacial score (nSPS) is 11.3. The Labute approximate surface area is 152 Å². The molecule has 0 heterocycles. The summed E-state index contributed by atoms with van der Waals surface area (Å²) in [5.74, 6) is -0.816. The summed E-state index contributed by atoms with van der Waals surface area (Å²) in [4.78, 5) is 29.8. The maximum absolute atomic E-state index is 12.2. The average Bonchev–Trinajstić information content (AvgIpc) is 2.55. The third kappa shape index (κ3) is 5.03. The van der Waals surface area contributed by atoms with E-state index in [-0.39, 0.29) is 11.5 Å². The number of hydrogen-bond donors (Lipinski definition) is 0. The van der Waals surface area contributed by atoms with Gasteiger partial charge in [-0.05, 0) is 63.1 Å². The van der Waals surface area contributed by atoms with Crippen molar-refractivity contribution < 1.29 is 14.4 Å². The van der Waals surface area contributed by atoms with Crippen molar-refractivity contribution in [1.82, 2.24) is 0 Å². The third-order valence-corrected chi connectivity index (χ3v) is 4.94. The molecule has 0 radical (unpaired) electrons. The highest BCUT2D eigenvalue weighted by molar-refractivity contribution is 7.99. The molecule has 0 bridgehead atoms. The number of aryl methyl sites for hydroxylation is 3. The number of ketones is 1. The second-order valence-corrected chi connectivity index (χ2v) is 7.03. The molecule has 2 rings (SSSR count). The average molecular weight is 355 g/mol. The van der Waals surface area contributed by atoms with Crippen molar-refractivity contribution in [2.75, 3.05) is 0 Å². The zero-order valence-corrected chi connectivity index (χ0v) is 15.9. The second-order valence-electron chi connectivity index (χ2n) is 5.94. The van der Waals surface area contributed by atoms with Crippen LogP contribution in [-0.4, -0.2) is 17.5 Å². The summed E-state index contributed by atoms with van der Waals surface area (Å²) < 4.78 is 0. The van der Waals surface area contributed by atoms with E-state index in [1.165, 1.54) is 35.4 Å². The molecule has 4 nitrogen and oxygen atoms in total. The largest absolute Gasteiger partial charge is 0.331 e. The van der Waals surface area contributed by atoms with E-state index < -0.39 is 5.97 Å². The van der Waals surface area contributed by atoms with Gasteiger partial charge in [-0.25, -0.2) is 4.79 Å². The van der Waals surface area contributed by atoms with Crippen LogP contribution < -0.4 is 0 Å². The number of carbonyl (C=O) groups excluding carboxylic acids is 2. The standard InChI is InChI=1S/C20H21NO3S/c1-12-10-13(2)20(14(3)11-12)25-18-8-6-17(7-9-18)19(23)15(4)21-24-16(5)22/h6-11H,1-5H3/b21-15-. The van der Waals surface area contributed by atoms with Crippen LogP contribution in [0.1, 0.15) is 40.9 Å². The Morgan fingerprint density at radius 3 is 2.04 bits per heavy atom. The van der Waals surface area contributed by atoms with Gasteiger partial charge in [0.2, 0.25) is 5.78 Å². The van der Waals surface area contributed by atoms with E-state index in [1.54, 1.807) is 23.9 Å². The molecular formula is C20H21NO3S. The topological polar surface area (TPSA) is 55.7 Å². The molecular weight excluding hydrogens is 334 g/mol. The van der Waals surface area contributed by atoms with Crippen LogP contribution in [0.2, 0.25) is 0 Å². The van der Waals surface area contributed by atoms with Gasteiger partial charge >= 0.3 is 5.97 Å². The highest BCUT2D eigenvalue weighted by Gasteiger charge is 2.12. The van der Waals surface area contributed by atoms with Gasteiger partial charge in [-0.3, -0.25) is 4.79 Å². The Bertz CT molecular complexity index is 816. The van der Waals surface area contributed by atoms with Crippen LogP contribution in [0.5, 0.6) is 0 Å². The van der Waals surface area contributed by atoms with Gasteiger partial charge in [0.25, 0.3) is 0 Å². The summed E-state index contributed by atoms with van der Waals surface area (Å²) in [6.45, 7) is 9.06. The number of Topliss-reactive ketones (excluding diaryl/α,β-unsaturated/α-hetero) is 1. The fourth-order valence-corrected chi connectivity index (χ4v) is 3.45. The van der Waals surface area contributed by atoms with Gasteiger partial charge in [-0.1, -0.05) is 34.6 Å². The lowest BCUT2D eigenvalue weighted by molar-refractivity contribution is -0.140. The number of rotatable bonds is 5. The van der Waals surface area contributed by atoms with Crippen LogP contribution in [0.25, 0.3) is 0 Å².